The van der Waals surface area contributed by atoms with E-state index in [2.05, 4.69) is 10.6 Å². The van der Waals surface area contributed by atoms with Crippen LogP contribution in [0.5, 0.6) is 0 Å². The molecule has 0 unspecified atom stereocenters. The van der Waals surface area contributed by atoms with Crippen molar-refractivity contribution in [2.45, 2.75) is 64.5 Å². The molecule has 0 saturated heterocycles. The van der Waals surface area contributed by atoms with Gasteiger partial charge in [-0.3, -0.25) is 9.59 Å². The first-order valence-corrected chi connectivity index (χ1v) is 9.74. The molecule has 0 aliphatic heterocycles. The summed E-state index contributed by atoms with van der Waals surface area (Å²) in [4.78, 5) is 36.8. The van der Waals surface area contributed by atoms with Crippen LogP contribution in [0.4, 0.5) is 0 Å². The van der Waals surface area contributed by atoms with E-state index in [9.17, 15) is 19.5 Å². The van der Waals surface area contributed by atoms with Crippen LogP contribution in [0.1, 0.15) is 51.5 Å². The third kappa shape index (κ3) is 6.70. The topological polar surface area (TPSA) is 95.5 Å². The average Bonchev–Trinajstić information content (AvgIpc) is 3.15. The van der Waals surface area contributed by atoms with Gasteiger partial charge in [0.05, 0.1) is 0 Å². The Hall–Kier alpha value is -2.37. The zero-order valence-electron chi connectivity index (χ0n) is 16.1. The summed E-state index contributed by atoms with van der Waals surface area (Å²) in [5, 5.41) is 14.9. The van der Waals surface area contributed by atoms with Crippen molar-refractivity contribution in [2.24, 2.45) is 11.8 Å². The van der Waals surface area contributed by atoms with Crippen LogP contribution in [-0.2, 0) is 20.8 Å². The van der Waals surface area contributed by atoms with Crippen LogP contribution in [0, 0.1) is 11.8 Å². The van der Waals surface area contributed by atoms with Crippen molar-refractivity contribution in [3.8, 4) is 0 Å². The molecule has 0 heterocycles. The Morgan fingerprint density at radius 3 is 2.22 bits per heavy atom. The molecule has 1 fully saturated rings. The van der Waals surface area contributed by atoms with Crippen molar-refractivity contribution in [2.75, 3.05) is 0 Å². The highest BCUT2D eigenvalue weighted by Crippen LogP contribution is 2.25. The van der Waals surface area contributed by atoms with Crippen molar-refractivity contribution in [1.82, 2.24) is 10.6 Å². The first-order chi connectivity index (χ1) is 12.9. The lowest BCUT2D eigenvalue weighted by Crippen LogP contribution is -2.53. The van der Waals surface area contributed by atoms with E-state index in [0.29, 0.717) is 12.8 Å². The van der Waals surface area contributed by atoms with Gasteiger partial charge in [-0.25, -0.2) is 4.79 Å². The number of carbonyl (C=O) groups is 3. The second kappa shape index (κ2) is 10.1. The van der Waals surface area contributed by atoms with Crippen LogP contribution in [0.15, 0.2) is 30.3 Å². The summed E-state index contributed by atoms with van der Waals surface area (Å²) in [6.07, 6.45) is 4.42. The van der Waals surface area contributed by atoms with Gasteiger partial charge >= 0.3 is 5.97 Å². The highest BCUT2D eigenvalue weighted by molar-refractivity contribution is 5.91. The smallest absolute Gasteiger partial charge is 0.326 e. The molecule has 2 atom stereocenters. The molecule has 0 radical (unpaired) electrons. The third-order valence-corrected chi connectivity index (χ3v) is 4.96. The minimum absolute atomic E-state index is 0.0537. The molecule has 0 bridgehead atoms. The monoisotopic (exact) mass is 374 g/mol. The molecule has 148 valence electrons. The summed E-state index contributed by atoms with van der Waals surface area (Å²) in [7, 11) is 0. The zero-order chi connectivity index (χ0) is 19.8. The van der Waals surface area contributed by atoms with Gasteiger partial charge in [0.1, 0.15) is 12.1 Å². The first kappa shape index (κ1) is 20.9. The molecule has 2 amide bonds. The maximum Gasteiger partial charge on any atom is 0.326 e. The second-order valence-corrected chi connectivity index (χ2v) is 7.76. The van der Waals surface area contributed by atoms with Crippen molar-refractivity contribution >= 4 is 17.8 Å². The van der Waals surface area contributed by atoms with Gasteiger partial charge < -0.3 is 15.7 Å². The maximum atomic E-state index is 12.8. The van der Waals surface area contributed by atoms with Gasteiger partial charge in [-0.05, 0) is 30.7 Å². The van der Waals surface area contributed by atoms with Crippen LogP contribution in [-0.4, -0.2) is 35.0 Å². The Bertz CT molecular complexity index is 639. The fourth-order valence-corrected chi connectivity index (χ4v) is 3.50. The van der Waals surface area contributed by atoms with Crippen LogP contribution >= 0.6 is 0 Å². The molecular weight excluding hydrogens is 344 g/mol. The quantitative estimate of drug-likeness (QED) is 0.619. The highest BCUT2D eigenvalue weighted by Gasteiger charge is 2.30. The highest BCUT2D eigenvalue weighted by atomic mass is 16.4. The maximum absolute atomic E-state index is 12.8. The Labute approximate surface area is 160 Å². The predicted octanol–water partition coefficient (Wildman–Crippen LogP) is 2.52. The van der Waals surface area contributed by atoms with Gasteiger partial charge in [-0.15, -0.1) is 0 Å². The number of carboxylic acid groups (broad SMARTS) is 1. The van der Waals surface area contributed by atoms with Gasteiger partial charge in [-0.1, -0.05) is 57.0 Å². The number of hydrogen-bond acceptors (Lipinski definition) is 3. The van der Waals surface area contributed by atoms with Gasteiger partial charge in [0.15, 0.2) is 0 Å². The van der Waals surface area contributed by atoms with E-state index < -0.39 is 24.0 Å². The van der Waals surface area contributed by atoms with E-state index in [1.807, 2.05) is 44.2 Å². The van der Waals surface area contributed by atoms with Crippen LogP contribution in [0.3, 0.4) is 0 Å². The number of benzene rings is 1. The summed E-state index contributed by atoms with van der Waals surface area (Å²) in [6.45, 7) is 3.82. The van der Waals surface area contributed by atoms with Crippen LogP contribution < -0.4 is 10.6 Å². The summed E-state index contributed by atoms with van der Waals surface area (Å²) < 4.78 is 0. The van der Waals surface area contributed by atoms with E-state index in [0.717, 1.165) is 31.2 Å². The lowest BCUT2D eigenvalue weighted by molar-refractivity contribution is -0.142. The summed E-state index contributed by atoms with van der Waals surface area (Å²) in [5.41, 5.74) is 0.917. The summed E-state index contributed by atoms with van der Waals surface area (Å²) >= 11 is 0. The Morgan fingerprint density at radius 1 is 1.04 bits per heavy atom. The SMILES string of the molecule is CC(C)C[C@H](NC(=O)[C@H](Cc1ccccc1)NC(=O)C1CCCC1)C(=O)O. The Kier molecular flexibility index (Phi) is 7.82. The average molecular weight is 374 g/mol. The lowest BCUT2D eigenvalue weighted by atomic mass is 10.0. The normalized spacial score (nSPS) is 16.7. The molecule has 27 heavy (non-hydrogen) atoms. The van der Waals surface area contributed by atoms with Crippen LogP contribution in [0.25, 0.3) is 0 Å². The molecule has 1 aliphatic rings. The van der Waals surface area contributed by atoms with Gasteiger partial charge in [0, 0.05) is 12.3 Å². The number of carbonyl (C=O) groups excluding carboxylic acids is 2. The second-order valence-electron chi connectivity index (χ2n) is 7.76. The van der Waals surface area contributed by atoms with Crippen LogP contribution in [0.2, 0.25) is 0 Å². The molecule has 2 rings (SSSR count). The van der Waals surface area contributed by atoms with Gasteiger partial charge in [0.25, 0.3) is 0 Å². The molecule has 0 aromatic heterocycles. The number of nitrogens with one attached hydrogen (secondary N) is 2. The standard InChI is InChI=1S/C21H30N2O4/c1-14(2)12-18(21(26)27)23-20(25)17(13-15-8-4-3-5-9-15)22-19(24)16-10-6-7-11-16/h3-5,8-9,14,16-18H,6-7,10-13H2,1-2H3,(H,22,24)(H,23,25)(H,26,27)/t17-,18-/m0/s1. The molecule has 1 saturated carbocycles. The molecule has 0 spiro atoms. The van der Waals surface area contributed by atoms with E-state index >= 15 is 0 Å². The number of hydrogen-bond donors (Lipinski definition) is 3. The molecule has 1 aliphatic carbocycles. The number of rotatable bonds is 9. The predicted molar refractivity (Wildman–Crippen MR) is 103 cm³/mol. The van der Waals surface area contributed by atoms with E-state index in [4.69, 9.17) is 0 Å². The summed E-state index contributed by atoms with van der Waals surface area (Å²) in [6, 6.07) is 7.69. The van der Waals surface area contributed by atoms with E-state index in [1.165, 1.54) is 0 Å². The fourth-order valence-electron chi connectivity index (χ4n) is 3.50. The van der Waals surface area contributed by atoms with Gasteiger partial charge in [-0.2, -0.15) is 0 Å². The molecule has 1 aromatic carbocycles. The Balaban J connectivity index is 2.10. The molecule has 6 nitrogen and oxygen atoms in total. The molecule has 1 aromatic rings. The van der Waals surface area contributed by atoms with Crippen molar-refractivity contribution < 1.29 is 19.5 Å². The van der Waals surface area contributed by atoms with E-state index in [-0.39, 0.29) is 17.7 Å². The van der Waals surface area contributed by atoms with E-state index in [1.54, 1.807) is 0 Å². The number of aliphatic carboxylic acids is 1. The van der Waals surface area contributed by atoms with Crippen molar-refractivity contribution in [3.63, 3.8) is 0 Å². The zero-order valence-corrected chi connectivity index (χ0v) is 16.1. The molecule has 6 heteroatoms. The third-order valence-electron chi connectivity index (χ3n) is 4.96. The largest absolute Gasteiger partial charge is 0.480 e. The number of carboxylic acids is 1. The minimum atomic E-state index is -1.06. The number of amides is 2. The molecular formula is C21H30N2O4. The van der Waals surface area contributed by atoms with Crippen molar-refractivity contribution in [3.05, 3.63) is 35.9 Å². The fraction of sp³-hybridized carbons (Fsp3) is 0.571. The minimum Gasteiger partial charge on any atom is -0.480 e. The molecule has 3 N–H and O–H groups in total. The lowest BCUT2D eigenvalue weighted by Gasteiger charge is -2.23. The Morgan fingerprint density at radius 2 is 1.67 bits per heavy atom. The summed E-state index contributed by atoms with van der Waals surface area (Å²) in [5.74, 6) is -1.54. The first-order valence-electron chi connectivity index (χ1n) is 9.74. The van der Waals surface area contributed by atoms with Crippen molar-refractivity contribution in [1.29, 1.82) is 0 Å². The van der Waals surface area contributed by atoms with Gasteiger partial charge in [0.2, 0.25) is 11.8 Å².